The predicted molar refractivity (Wildman–Crippen MR) is 74.3 cm³/mol. The van der Waals surface area contributed by atoms with E-state index in [0.29, 0.717) is 12.2 Å². The van der Waals surface area contributed by atoms with Gasteiger partial charge in [0.1, 0.15) is 5.82 Å². The van der Waals surface area contributed by atoms with E-state index in [1.807, 2.05) is 0 Å². The summed E-state index contributed by atoms with van der Waals surface area (Å²) in [4.78, 5) is 30.1. The van der Waals surface area contributed by atoms with Crippen LogP contribution < -0.4 is 5.56 Å². The molecule has 1 saturated carbocycles. The van der Waals surface area contributed by atoms with Crippen molar-refractivity contribution in [1.29, 1.82) is 0 Å². The van der Waals surface area contributed by atoms with Crippen LogP contribution in [0.4, 0.5) is 0 Å². The number of aliphatic hydroxyl groups is 1. The van der Waals surface area contributed by atoms with Gasteiger partial charge in [-0.05, 0) is 32.1 Å². The summed E-state index contributed by atoms with van der Waals surface area (Å²) in [6.45, 7) is 1.87. The topological polar surface area (TPSA) is 113 Å². The summed E-state index contributed by atoms with van der Waals surface area (Å²) in [7, 11) is 0. The lowest BCUT2D eigenvalue weighted by molar-refractivity contribution is 0.0514. The highest BCUT2D eigenvalue weighted by Gasteiger charge is 2.27. The number of H-pyrrole nitrogens is 1. The molecule has 0 spiro atoms. The Bertz CT molecular complexity index is 569. The lowest BCUT2D eigenvalue weighted by atomic mass is 9.81. The number of aromatic hydroxyl groups is 1. The predicted octanol–water partition coefficient (Wildman–Crippen LogP) is 0.918. The third-order valence-corrected chi connectivity index (χ3v) is 3.81. The summed E-state index contributed by atoms with van der Waals surface area (Å²) in [6, 6.07) is 0. The number of esters is 1. The zero-order valence-electron chi connectivity index (χ0n) is 12.0. The second-order valence-electron chi connectivity index (χ2n) is 5.28. The van der Waals surface area contributed by atoms with Crippen LogP contribution in [0.2, 0.25) is 0 Å². The fourth-order valence-corrected chi connectivity index (χ4v) is 2.72. The Labute approximate surface area is 122 Å². The van der Waals surface area contributed by atoms with Gasteiger partial charge in [-0.25, -0.2) is 9.78 Å². The van der Waals surface area contributed by atoms with E-state index in [1.165, 1.54) is 0 Å². The van der Waals surface area contributed by atoms with E-state index >= 15 is 0 Å². The minimum Gasteiger partial charge on any atom is -0.501 e. The van der Waals surface area contributed by atoms with Crippen molar-refractivity contribution < 1.29 is 19.7 Å². The molecule has 7 nitrogen and oxygen atoms in total. The Kier molecular flexibility index (Phi) is 4.95. The van der Waals surface area contributed by atoms with Crippen molar-refractivity contribution in [1.82, 2.24) is 9.97 Å². The molecule has 1 aliphatic rings. The molecule has 1 aliphatic carbocycles. The zero-order valence-corrected chi connectivity index (χ0v) is 12.0. The lowest BCUT2D eigenvalue weighted by Gasteiger charge is -2.27. The van der Waals surface area contributed by atoms with Crippen LogP contribution in [0.25, 0.3) is 0 Å². The Morgan fingerprint density at radius 1 is 1.48 bits per heavy atom. The fourth-order valence-electron chi connectivity index (χ4n) is 2.72. The molecule has 2 rings (SSSR count). The van der Waals surface area contributed by atoms with E-state index in [1.54, 1.807) is 6.92 Å². The molecular weight excluding hydrogens is 276 g/mol. The van der Waals surface area contributed by atoms with Gasteiger partial charge in [0.2, 0.25) is 5.75 Å². The van der Waals surface area contributed by atoms with Crippen LogP contribution in [0, 0.1) is 5.92 Å². The van der Waals surface area contributed by atoms with Crippen molar-refractivity contribution in [3.05, 3.63) is 21.9 Å². The number of hydrogen-bond acceptors (Lipinski definition) is 6. The van der Waals surface area contributed by atoms with Crippen LogP contribution in [0.3, 0.4) is 0 Å². The third-order valence-electron chi connectivity index (χ3n) is 3.81. The first-order valence-corrected chi connectivity index (χ1v) is 7.18. The van der Waals surface area contributed by atoms with Gasteiger partial charge in [0, 0.05) is 12.5 Å². The number of aromatic amines is 1. The highest BCUT2D eigenvalue weighted by molar-refractivity contribution is 5.89. The maximum atomic E-state index is 11.8. The summed E-state index contributed by atoms with van der Waals surface area (Å²) in [5.74, 6) is -1.01. The third kappa shape index (κ3) is 3.41. The van der Waals surface area contributed by atoms with E-state index in [2.05, 4.69) is 9.97 Å². The van der Waals surface area contributed by atoms with Crippen molar-refractivity contribution in [2.24, 2.45) is 5.92 Å². The molecule has 0 aromatic carbocycles. The van der Waals surface area contributed by atoms with Crippen LogP contribution in [-0.2, 0) is 4.74 Å². The summed E-state index contributed by atoms with van der Waals surface area (Å²) in [5.41, 5.74) is -1.09. The van der Waals surface area contributed by atoms with E-state index in [4.69, 9.17) is 4.74 Å². The molecular formula is C14H20N2O5. The van der Waals surface area contributed by atoms with Crippen LogP contribution in [0.15, 0.2) is 4.79 Å². The van der Waals surface area contributed by atoms with Crippen LogP contribution >= 0.6 is 0 Å². The second-order valence-corrected chi connectivity index (χ2v) is 5.28. The van der Waals surface area contributed by atoms with Crippen molar-refractivity contribution in [3.8, 4) is 5.75 Å². The molecule has 0 amide bonds. The number of carbonyl (C=O) groups excluding carboxylic acids is 1. The normalized spacial score (nSPS) is 22.0. The zero-order chi connectivity index (χ0) is 15.4. The van der Waals surface area contributed by atoms with Gasteiger partial charge >= 0.3 is 5.97 Å². The van der Waals surface area contributed by atoms with Gasteiger partial charge in [0.15, 0.2) is 5.69 Å². The monoisotopic (exact) mass is 296 g/mol. The van der Waals surface area contributed by atoms with E-state index in [9.17, 15) is 19.8 Å². The molecule has 0 radical (unpaired) electrons. The first kappa shape index (κ1) is 15.5. The van der Waals surface area contributed by atoms with E-state index < -0.39 is 17.3 Å². The number of rotatable bonds is 4. The molecule has 116 valence electrons. The average molecular weight is 296 g/mol. The van der Waals surface area contributed by atoms with E-state index in [-0.39, 0.29) is 30.7 Å². The summed E-state index contributed by atoms with van der Waals surface area (Å²) < 4.78 is 4.79. The maximum Gasteiger partial charge on any atom is 0.361 e. The highest BCUT2D eigenvalue weighted by Crippen LogP contribution is 2.34. The number of nitrogens with zero attached hydrogens (tertiary/aromatic N) is 1. The molecule has 0 saturated heterocycles. The van der Waals surface area contributed by atoms with Crippen molar-refractivity contribution in [2.75, 3.05) is 13.2 Å². The van der Waals surface area contributed by atoms with Crippen molar-refractivity contribution in [3.63, 3.8) is 0 Å². The van der Waals surface area contributed by atoms with Crippen molar-refractivity contribution >= 4 is 5.97 Å². The van der Waals surface area contributed by atoms with Crippen LogP contribution in [-0.4, -0.2) is 39.4 Å². The van der Waals surface area contributed by atoms with E-state index in [0.717, 1.165) is 19.3 Å². The van der Waals surface area contributed by atoms with Gasteiger partial charge in [-0.15, -0.1) is 0 Å². The first-order chi connectivity index (χ1) is 10.1. The van der Waals surface area contributed by atoms with Crippen LogP contribution in [0.5, 0.6) is 5.75 Å². The van der Waals surface area contributed by atoms with Crippen LogP contribution in [0.1, 0.15) is 54.8 Å². The number of carbonyl (C=O) groups is 1. The number of nitrogens with one attached hydrogen (secondary N) is 1. The Balaban J connectivity index is 2.32. The van der Waals surface area contributed by atoms with Crippen molar-refractivity contribution in [2.45, 2.75) is 38.5 Å². The number of aromatic nitrogens is 2. The smallest absolute Gasteiger partial charge is 0.361 e. The lowest BCUT2D eigenvalue weighted by Crippen LogP contribution is -2.24. The molecule has 21 heavy (non-hydrogen) atoms. The Hall–Kier alpha value is -1.89. The molecule has 0 bridgehead atoms. The highest BCUT2D eigenvalue weighted by atomic mass is 16.5. The van der Waals surface area contributed by atoms with Gasteiger partial charge in [-0.3, -0.25) is 4.79 Å². The fraction of sp³-hybridized carbons (Fsp3) is 0.643. The molecule has 2 unspecified atom stereocenters. The molecule has 1 aromatic heterocycles. The SMILES string of the molecule is CCOC(=O)c1nc(C2CCCC(CO)C2)[nH]c(=O)c1O. The second kappa shape index (κ2) is 6.71. The standard InChI is InChI=1S/C14H20N2O5/c1-2-21-14(20)10-11(18)13(19)16-12(15-10)9-5-3-4-8(6-9)7-17/h8-9,17-18H,2-7H2,1H3,(H,15,16,19). The van der Waals surface area contributed by atoms with Gasteiger partial charge in [-0.2, -0.15) is 0 Å². The maximum absolute atomic E-state index is 11.8. The summed E-state index contributed by atoms with van der Waals surface area (Å²) in [5, 5.41) is 18.9. The van der Waals surface area contributed by atoms with Gasteiger partial charge < -0.3 is 19.9 Å². The molecule has 7 heteroatoms. The number of ether oxygens (including phenoxy) is 1. The Morgan fingerprint density at radius 3 is 2.90 bits per heavy atom. The summed E-state index contributed by atoms with van der Waals surface area (Å²) in [6.07, 6.45) is 3.40. The molecule has 1 heterocycles. The Morgan fingerprint density at radius 2 is 2.24 bits per heavy atom. The van der Waals surface area contributed by atoms with Gasteiger partial charge in [-0.1, -0.05) is 6.42 Å². The molecule has 0 aliphatic heterocycles. The molecule has 2 atom stereocenters. The number of aliphatic hydroxyl groups excluding tert-OH is 1. The quantitative estimate of drug-likeness (QED) is 0.712. The van der Waals surface area contributed by atoms with Gasteiger partial charge in [0.25, 0.3) is 5.56 Å². The minimum atomic E-state index is -0.808. The minimum absolute atomic E-state index is 0.0302. The molecule has 1 aromatic rings. The first-order valence-electron chi connectivity index (χ1n) is 7.18. The molecule has 3 N–H and O–H groups in total. The largest absolute Gasteiger partial charge is 0.501 e. The molecule has 1 fully saturated rings. The summed E-state index contributed by atoms with van der Waals surface area (Å²) >= 11 is 0. The average Bonchev–Trinajstić information content (AvgIpc) is 2.50. The van der Waals surface area contributed by atoms with Gasteiger partial charge in [0.05, 0.1) is 6.61 Å². The number of hydrogen-bond donors (Lipinski definition) is 3.